The topological polar surface area (TPSA) is 121 Å². The summed E-state index contributed by atoms with van der Waals surface area (Å²) >= 11 is 0. The first-order valence-electron chi connectivity index (χ1n) is 7.21. The Morgan fingerprint density at radius 2 is 2.04 bits per heavy atom. The highest BCUT2D eigenvalue weighted by Crippen LogP contribution is 2.11. The number of amides is 1. The Hall–Kier alpha value is -2.90. The predicted octanol–water partition coefficient (Wildman–Crippen LogP) is 0.304. The number of carboxylic acids is 1. The predicted molar refractivity (Wildman–Crippen MR) is 83.7 cm³/mol. The number of H-pyrrole nitrogens is 1. The minimum atomic E-state index is -0.917. The maximum Gasteiger partial charge on any atom is 0.316 e. The van der Waals surface area contributed by atoms with Crippen LogP contribution in [0.4, 0.5) is 0 Å². The smallest absolute Gasteiger partial charge is 0.316 e. The van der Waals surface area contributed by atoms with Gasteiger partial charge in [-0.15, -0.1) is 0 Å². The molecule has 0 unspecified atom stereocenters. The second-order valence-corrected chi connectivity index (χ2v) is 4.99. The number of rotatable bonds is 6. The van der Waals surface area contributed by atoms with Gasteiger partial charge in [-0.05, 0) is 31.5 Å². The third kappa shape index (κ3) is 3.65. The highest BCUT2D eigenvalue weighted by molar-refractivity contribution is 5.97. The Bertz CT molecular complexity index is 866. The molecule has 1 aromatic heterocycles. The maximum absolute atomic E-state index is 12.0. The standard InChI is InChI=1S/C15H17N3O5/c1-2-18-11-6-5-9(8-10(11)17-14(22)15(18)23)13(21)16-7-3-4-12(19)20/h5-6,8H,2-4,7H2,1H3,(H,16,21)(H,17,22)(H,19,20). The number of hydrogen-bond acceptors (Lipinski definition) is 4. The van der Waals surface area contributed by atoms with Crippen molar-refractivity contribution in [1.82, 2.24) is 14.9 Å². The van der Waals surface area contributed by atoms with Crippen LogP contribution in [0.15, 0.2) is 27.8 Å². The van der Waals surface area contributed by atoms with Crippen LogP contribution in [0.25, 0.3) is 11.0 Å². The van der Waals surface area contributed by atoms with E-state index in [0.29, 0.717) is 29.6 Å². The van der Waals surface area contributed by atoms with Crippen molar-refractivity contribution in [1.29, 1.82) is 0 Å². The molecule has 0 aliphatic heterocycles. The summed E-state index contributed by atoms with van der Waals surface area (Å²) in [6.07, 6.45) is 0.314. The molecule has 8 heteroatoms. The van der Waals surface area contributed by atoms with Gasteiger partial charge in [-0.1, -0.05) is 0 Å². The summed E-state index contributed by atoms with van der Waals surface area (Å²) in [5.41, 5.74) is -0.108. The zero-order valence-electron chi connectivity index (χ0n) is 12.6. The van der Waals surface area contributed by atoms with Gasteiger partial charge in [-0.25, -0.2) is 0 Å². The Balaban J connectivity index is 2.25. The fourth-order valence-electron chi connectivity index (χ4n) is 2.28. The van der Waals surface area contributed by atoms with Crippen molar-refractivity contribution >= 4 is 22.9 Å². The number of carbonyl (C=O) groups excluding carboxylic acids is 1. The van der Waals surface area contributed by atoms with Crippen molar-refractivity contribution in [2.75, 3.05) is 6.54 Å². The molecule has 0 saturated heterocycles. The first kappa shape index (κ1) is 16.5. The average Bonchev–Trinajstić information content (AvgIpc) is 2.52. The van der Waals surface area contributed by atoms with Gasteiger partial charge in [0, 0.05) is 25.1 Å². The quantitative estimate of drug-likeness (QED) is 0.522. The monoisotopic (exact) mass is 319 g/mol. The summed E-state index contributed by atoms with van der Waals surface area (Å²) in [4.78, 5) is 48.3. The van der Waals surface area contributed by atoms with E-state index in [9.17, 15) is 19.2 Å². The van der Waals surface area contributed by atoms with Gasteiger partial charge in [-0.3, -0.25) is 19.2 Å². The van der Waals surface area contributed by atoms with Crippen molar-refractivity contribution in [3.63, 3.8) is 0 Å². The molecule has 0 atom stereocenters. The number of carbonyl (C=O) groups is 2. The number of benzene rings is 1. The van der Waals surface area contributed by atoms with E-state index in [0.717, 1.165) is 0 Å². The van der Waals surface area contributed by atoms with E-state index in [1.165, 1.54) is 10.6 Å². The lowest BCUT2D eigenvalue weighted by atomic mass is 10.1. The molecule has 0 bridgehead atoms. The minimum Gasteiger partial charge on any atom is -0.481 e. The Kier molecular flexibility index (Phi) is 4.95. The highest BCUT2D eigenvalue weighted by Gasteiger charge is 2.10. The molecule has 3 N–H and O–H groups in total. The molecule has 0 spiro atoms. The van der Waals surface area contributed by atoms with Crippen LogP contribution in [0.1, 0.15) is 30.1 Å². The van der Waals surface area contributed by atoms with Crippen LogP contribution in [-0.2, 0) is 11.3 Å². The van der Waals surface area contributed by atoms with Gasteiger partial charge in [0.2, 0.25) is 0 Å². The van der Waals surface area contributed by atoms with Crippen molar-refractivity contribution in [3.05, 3.63) is 44.5 Å². The summed E-state index contributed by atoms with van der Waals surface area (Å²) in [5.74, 6) is -1.28. The fourth-order valence-corrected chi connectivity index (χ4v) is 2.28. The number of aryl methyl sites for hydroxylation is 1. The Morgan fingerprint density at radius 1 is 1.30 bits per heavy atom. The molecule has 122 valence electrons. The van der Waals surface area contributed by atoms with E-state index in [-0.39, 0.29) is 18.9 Å². The van der Waals surface area contributed by atoms with Gasteiger partial charge >= 0.3 is 17.1 Å². The molecule has 1 amide bonds. The lowest BCUT2D eigenvalue weighted by molar-refractivity contribution is -0.137. The van der Waals surface area contributed by atoms with Crippen molar-refractivity contribution in [3.8, 4) is 0 Å². The summed E-state index contributed by atoms with van der Waals surface area (Å²) in [5, 5.41) is 11.1. The molecule has 0 fully saturated rings. The lowest BCUT2D eigenvalue weighted by Crippen LogP contribution is -2.36. The first-order valence-corrected chi connectivity index (χ1v) is 7.21. The van der Waals surface area contributed by atoms with E-state index in [1.54, 1.807) is 19.1 Å². The second kappa shape index (κ2) is 6.91. The van der Waals surface area contributed by atoms with Crippen molar-refractivity contribution < 1.29 is 14.7 Å². The van der Waals surface area contributed by atoms with E-state index in [2.05, 4.69) is 10.3 Å². The molecule has 0 saturated carbocycles. The summed E-state index contributed by atoms with van der Waals surface area (Å²) < 4.78 is 1.34. The summed E-state index contributed by atoms with van der Waals surface area (Å²) in [6.45, 7) is 2.34. The first-order chi connectivity index (χ1) is 10.9. The van der Waals surface area contributed by atoms with Crippen LogP contribution in [0.3, 0.4) is 0 Å². The van der Waals surface area contributed by atoms with Gasteiger partial charge in [0.25, 0.3) is 5.91 Å². The van der Waals surface area contributed by atoms with Crippen LogP contribution in [-0.4, -0.2) is 33.1 Å². The van der Waals surface area contributed by atoms with Gasteiger partial charge in [0.05, 0.1) is 11.0 Å². The number of aromatic amines is 1. The fraction of sp³-hybridized carbons (Fsp3) is 0.333. The third-order valence-electron chi connectivity index (χ3n) is 3.41. The highest BCUT2D eigenvalue weighted by atomic mass is 16.4. The minimum absolute atomic E-state index is 0.0197. The van der Waals surface area contributed by atoms with Crippen LogP contribution in [0, 0.1) is 0 Å². The second-order valence-electron chi connectivity index (χ2n) is 4.99. The van der Waals surface area contributed by atoms with Crippen molar-refractivity contribution in [2.24, 2.45) is 0 Å². The lowest BCUT2D eigenvalue weighted by Gasteiger charge is -2.09. The van der Waals surface area contributed by atoms with E-state index >= 15 is 0 Å². The molecule has 1 aromatic carbocycles. The number of aliphatic carboxylic acids is 1. The summed E-state index contributed by atoms with van der Waals surface area (Å²) in [6, 6.07) is 4.65. The number of hydrogen-bond donors (Lipinski definition) is 3. The molecule has 23 heavy (non-hydrogen) atoms. The van der Waals surface area contributed by atoms with Crippen LogP contribution >= 0.6 is 0 Å². The molecule has 2 rings (SSSR count). The number of nitrogens with zero attached hydrogens (tertiary/aromatic N) is 1. The number of fused-ring (bicyclic) bond motifs is 1. The van der Waals surface area contributed by atoms with E-state index in [4.69, 9.17) is 5.11 Å². The molecular formula is C15H17N3O5. The number of aromatic nitrogens is 2. The Morgan fingerprint density at radius 3 is 2.70 bits per heavy atom. The third-order valence-corrected chi connectivity index (χ3v) is 3.41. The van der Waals surface area contributed by atoms with Gasteiger partial charge in [-0.2, -0.15) is 0 Å². The normalized spacial score (nSPS) is 10.7. The van der Waals surface area contributed by atoms with Crippen LogP contribution in [0.2, 0.25) is 0 Å². The van der Waals surface area contributed by atoms with Gasteiger partial charge in [0.1, 0.15) is 0 Å². The summed E-state index contributed by atoms with van der Waals surface area (Å²) in [7, 11) is 0. The molecule has 0 aliphatic carbocycles. The van der Waals surface area contributed by atoms with Crippen LogP contribution < -0.4 is 16.4 Å². The largest absolute Gasteiger partial charge is 0.481 e. The molecular weight excluding hydrogens is 302 g/mol. The van der Waals surface area contributed by atoms with Crippen molar-refractivity contribution in [2.45, 2.75) is 26.3 Å². The molecule has 2 aromatic rings. The SMILES string of the molecule is CCn1c(=O)c(=O)[nH]c2cc(C(=O)NCCCC(=O)O)ccc21. The zero-order valence-corrected chi connectivity index (χ0v) is 12.6. The zero-order chi connectivity index (χ0) is 17.0. The van der Waals surface area contributed by atoms with Gasteiger partial charge < -0.3 is 20.0 Å². The number of nitrogens with one attached hydrogen (secondary N) is 2. The molecule has 0 aliphatic rings. The molecule has 8 nitrogen and oxygen atoms in total. The van der Waals surface area contributed by atoms with E-state index in [1.807, 2.05) is 0 Å². The van der Waals surface area contributed by atoms with Gasteiger partial charge in [0.15, 0.2) is 0 Å². The molecule has 0 radical (unpaired) electrons. The van der Waals surface area contributed by atoms with Crippen LogP contribution in [0.5, 0.6) is 0 Å². The maximum atomic E-state index is 12.0. The average molecular weight is 319 g/mol. The molecule has 1 heterocycles. The number of carboxylic acid groups (broad SMARTS) is 1. The van der Waals surface area contributed by atoms with E-state index < -0.39 is 17.1 Å². The Labute approximate surface area is 130 Å².